The van der Waals surface area contributed by atoms with E-state index in [1.54, 1.807) is 94.1 Å². The Morgan fingerprint density at radius 2 is 0.781 bits per heavy atom. The van der Waals surface area contributed by atoms with Gasteiger partial charge < -0.3 is 18.1 Å². The van der Waals surface area contributed by atoms with E-state index in [0.717, 1.165) is 0 Å². The fourth-order valence-corrected chi connectivity index (χ4v) is 23.2. The molecule has 0 atom stereocenters. The molecule has 0 N–H and O–H groups in total. The molecule has 0 bridgehead atoms. The van der Waals surface area contributed by atoms with Gasteiger partial charge in [0.25, 0.3) is 0 Å². The maximum Gasteiger partial charge on any atom is 0.354 e. The highest BCUT2D eigenvalue weighted by molar-refractivity contribution is 8.51. The average molecular weight is 629 g/mol. The first kappa shape index (κ1) is 27.4. The predicted octanol–water partition coefficient (Wildman–Crippen LogP) is 9.39. The van der Waals surface area contributed by atoms with Crippen LogP contribution in [0.5, 0.6) is 0 Å². The van der Waals surface area contributed by atoms with Crippen LogP contribution >= 0.6 is 109 Å². The third-order valence-electron chi connectivity index (χ3n) is 3.83. The van der Waals surface area contributed by atoms with Gasteiger partial charge in [0.05, 0.1) is 51.9 Å². The Morgan fingerprint density at radius 1 is 0.531 bits per heavy atom. The van der Waals surface area contributed by atoms with E-state index >= 15 is 0 Å². The van der Waals surface area contributed by atoms with Gasteiger partial charge in [-0.25, -0.2) is 0 Å². The van der Waals surface area contributed by atoms with Gasteiger partial charge in [-0.15, -0.1) is 0 Å². The summed E-state index contributed by atoms with van der Waals surface area (Å²) >= 11 is 13.3. The van der Waals surface area contributed by atoms with E-state index in [9.17, 15) is 9.13 Å². The van der Waals surface area contributed by atoms with E-state index in [4.69, 9.17) is 18.1 Å². The summed E-state index contributed by atoms with van der Waals surface area (Å²) in [6.45, 7) is 8.84. The highest BCUT2D eigenvalue weighted by Crippen LogP contribution is 2.78. The molecule has 0 unspecified atom stereocenters. The number of thioether (sulfide) groups is 8. The van der Waals surface area contributed by atoms with Crippen molar-refractivity contribution in [1.29, 1.82) is 0 Å². The van der Waals surface area contributed by atoms with E-state index < -0.39 is 15.2 Å². The topological polar surface area (TPSA) is 71.1 Å². The monoisotopic (exact) mass is 628 g/mol. The second-order valence-corrected chi connectivity index (χ2v) is 22.3. The minimum atomic E-state index is -3.15. The quantitative estimate of drug-likeness (QED) is 0.216. The molecule has 180 valence electrons. The fourth-order valence-electron chi connectivity index (χ4n) is 2.71. The Balaban J connectivity index is 1.36. The van der Waals surface area contributed by atoms with Crippen molar-refractivity contribution < 1.29 is 27.2 Å². The normalized spacial score (nSPS) is 22.6. The molecule has 6 nitrogen and oxygen atoms in total. The molecule has 0 fully saturated rings. The van der Waals surface area contributed by atoms with Crippen LogP contribution in [0.25, 0.3) is 0 Å². The van der Waals surface area contributed by atoms with Crippen LogP contribution < -0.4 is 0 Å². The summed E-state index contributed by atoms with van der Waals surface area (Å²) in [6, 6.07) is 0. The Labute approximate surface area is 222 Å². The Hall–Kier alpha value is 2.32. The molecule has 0 aromatic carbocycles. The molecule has 4 rings (SSSR count). The zero-order chi connectivity index (χ0) is 22.9. The van der Waals surface area contributed by atoms with Crippen molar-refractivity contribution in [2.75, 3.05) is 26.4 Å². The highest BCUT2D eigenvalue weighted by atomic mass is 32.3. The van der Waals surface area contributed by atoms with Crippen LogP contribution in [-0.2, 0) is 27.2 Å². The van der Waals surface area contributed by atoms with Crippen molar-refractivity contribution in [3.8, 4) is 0 Å². The van der Waals surface area contributed by atoms with E-state index in [2.05, 4.69) is 0 Å². The molecule has 32 heavy (non-hydrogen) atoms. The van der Waals surface area contributed by atoms with Crippen LogP contribution in [-0.4, -0.2) is 35.1 Å². The zero-order valence-electron chi connectivity index (χ0n) is 17.6. The third-order valence-corrected chi connectivity index (χ3v) is 23.1. The molecule has 0 aliphatic carbocycles. The van der Waals surface area contributed by atoms with E-state index in [1.807, 2.05) is 27.7 Å². The third kappa shape index (κ3) is 5.74. The SMILES string of the molecule is CCOP(=O)(OCC)C1SC2=C(SC(=C3SC4=C(S3)SC(P(=O)(OCC)OCC)S4)S2)S1. The van der Waals surface area contributed by atoms with E-state index in [-0.39, 0.29) is 8.65 Å². The minimum Gasteiger partial charge on any atom is -0.307 e. The largest absolute Gasteiger partial charge is 0.354 e. The van der Waals surface area contributed by atoms with Crippen molar-refractivity contribution in [3.63, 3.8) is 0 Å². The second kappa shape index (κ2) is 11.8. The van der Waals surface area contributed by atoms with Gasteiger partial charge in [-0.1, -0.05) is 94.1 Å². The molecule has 4 heterocycles. The van der Waals surface area contributed by atoms with Crippen molar-refractivity contribution >= 4 is 109 Å². The summed E-state index contributed by atoms with van der Waals surface area (Å²) < 4.78 is 55.1. The van der Waals surface area contributed by atoms with Crippen LogP contribution in [0.1, 0.15) is 27.7 Å². The summed E-state index contributed by atoms with van der Waals surface area (Å²) in [6.07, 6.45) is 0. The lowest BCUT2D eigenvalue weighted by Crippen LogP contribution is -2.05. The minimum absolute atomic E-state index is 0.246. The molecule has 0 amide bonds. The van der Waals surface area contributed by atoms with Crippen LogP contribution in [0, 0.1) is 0 Å². The Bertz CT molecular complexity index is 819. The summed E-state index contributed by atoms with van der Waals surface area (Å²) in [4.78, 5) is 0. The van der Waals surface area contributed by atoms with Gasteiger partial charge in [0.1, 0.15) is 0 Å². The molecule has 0 spiro atoms. The van der Waals surface area contributed by atoms with Crippen LogP contribution in [0.2, 0.25) is 0 Å². The molecule has 4 aliphatic heterocycles. The van der Waals surface area contributed by atoms with E-state index in [0.29, 0.717) is 26.4 Å². The maximum absolute atomic E-state index is 13.1. The molecule has 0 aromatic rings. The lowest BCUT2D eigenvalue weighted by atomic mass is 10.9. The fraction of sp³-hybridized carbons (Fsp3) is 0.625. The molecule has 0 aromatic heterocycles. The summed E-state index contributed by atoms with van der Waals surface area (Å²) in [7, 11) is -6.30. The average Bonchev–Trinajstić information content (AvgIpc) is 3.46. The van der Waals surface area contributed by atoms with Gasteiger partial charge in [0, 0.05) is 0 Å². The Morgan fingerprint density at radius 3 is 1.00 bits per heavy atom. The number of hydrogen-bond acceptors (Lipinski definition) is 14. The molecule has 0 saturated heterocycles. The van der Waals surface area contributed by atoms with Gasteiger partial charge in [-0.05, 0) is 27.7 Å². The lowest BCUT2D eigenvalue weighted by Gasteiger charge is -2.23. The van der Waals surface area contributed by atoms with Crippen molar-refractivity contribution in [3.05, 3.63) is 25.4 Å². The predicted molar refractivity (Wildman–Crippen MR) is 151 cm³/mol. The molecule has 0 radical (unpaired) electrons. The zero-order valence-corrected chi connectivity index (χ0v) is 25.9. The molecular weight excluding hydrogens is 607 g/mol. The van der Waals surface area contributed by atoms with Crippen molar-refractivity contribution in [2.24, 2.45) is 0 Å². The van der Waals surface area contributed by atoms with Crippen LogP contribution in [0.4, 0.5) is 0 Å². The van der Waals surface area contributed by atoms with Gasteiger partial charge in [-0.3, -0.25) is 9.13 Å². The molecular formula is C16H22O6P2S8. The van der Waals surface area contributed by atoms with Crippen LogP contribution in [0.15, 0.2) is 25.4 Å². The number of rotatable bonds is 10. The number of hydrogen-bond donors (Lipinski definition) is 0. The van der Waals surface area contributed by atoms with Crippen molar-refractivity contribution in [2.45, 2.75) is 36.3 Å². The lowest BCUT2D eigenvalue weighted by molar-refractivity contribution is 0.221. The van der Waals surface area contributed by atoms with Crippen LogP contribution in [0.3, 0.4) is 0 Å². The van der Waals surface area contributed by atoms with Gasteiger partial charge in [-0.2, -0.15) is 0 Å². The van der Waals surface area contributed by atoms with Gasteiger partial charge in [0.15, 0.2) is 8.65 Å². The highest BCUT2D eigenvalue weighted by Gasteiger charge is 2.48. The summed E-state index contributed by atoms with van der Waals surface area (Å²) in [5, 5.41) is 0. The van der Waals surface area contributed by atoms with Gasteiger partial charge >= 0.3 is 15.2 Å². The first-order valence-electron chi connectivity index (χ1n) is 9.74. The van der Waals surface area contributed by atoms with Crippen molar-refractivity contribution in [1.82, 2.24) is 0 Å². The Kier molecular flexibility index (Phi) is 10.1. The first-order valence-corrected chi connectivity index (χ1v) is 19.7. The maximum atomic E-state index is 13.1. The molecule has 4 aliphatic rings. The standard InChI is InChI=1S/C16H22O6P2S8/c1-5-19-23(17,20-6-2)15-29-11-12(30-15)26-9(25-11)10-27-13-14(28-10)32-16(31-13)24(18,21-7-3)22-8-4/h15-16H,5-8H2,1-4H3. The second-order valence-electron chi connectivity index (χ2n) is 5.97. The van der Waals surface area contributed by atoms with E-state index in [1.165, 1.54) is 25.4 Å². The molecule has 16 heteroatoms. The summed E-state index contributed by atoms with van der Waals surface area (Å²) in [5.41, 5.74) is 0. The summed E-state index contributed by atoms with van der Waals surface area (Å²) in [5.74, 6) is 0. The van der Waals surface area contributed by atoms with Gasteiger partial charge in [0.2, 0.25) is 0 Å². The first-order chi connectivity index (χ1) is 15.4. The molecule has 0 saturated carbocycles. The smallest absolute Gasteiger partial charge is 0.307 e.